The molecule has 112 valence electrons. The lowest BCUT2D eigenvalue weighted by Gasteiger charge is -2.35. The summed E-state index contributed by atoms with van der Waals surface area (Å²) in [6.07, 6.45) is 6.11. The van der Waals surface area contributed by atoms with Crippen molar-refractivity contribution < 1.29 is 4.79 Å². The first-order chi connectivity index (χ1) is 8.85. The van der Waals surface area contributed by atoms with Crippen LogP contribution in [0.5, 0.6) is 0 Å². The maximum Gasteiger partial charge on any atom is 0.234 e. The van der Waals surface area contributed by atoms with Crippen molar-refractivity contribution in [3.8, 4) is 0 Å². The zero-order chi connectivity index (χ0) is 14.5. The van der Waals surface area contributed by atoms with Crippen LogP contribution in [0, 0.1) is 11.8 Å². The van der Waals surface area contributed by atoms with E-state index in [2.05, 4.69) is 45.3 Å². The average molecular weight is 268 g/mol. The van der Waals surface area contributed by atoms with Gasteiger partial charge in [-0.05, 0) is 44.9 Å². The third-order valence-electron chi connectivity index (χ3n) is 4.56. The highest BCUT2D eigenvalue weighted by molar-refractivity contribution is 5.78. The fraction of sp³-hybridized carbons (Fsp3) is 0.938. The van der Waals surface area contributed by atoms with Gasteiger partial charge in [-0.25, -0.2) is 0 Å². The molecule has 1 amide bonds. The minimum absolute atomic E-state index is 0.0945. The minimum Gasteiger partial charge on any atom is -0.350 e. The third kappa shape index (κ3) is 5.52. The van der Waals surface area contributed by atoms with Gasteiger partial charge in [-0.3, -0.25) is 4.79 Å². The van der Waals surface area contributed by atoms with Crippen molar-refractivity contribution in [2.75, 3.05) is 6.54 Å². The molecule has 3 nitrogen and oxygen atoms in total. The second-order valence-corrected chi connectivity index (χ2v) is 6.97. The van der Waals surface area contributed by atoms with Gasteiger partial charge in [0.1, 0.15) is 0 Å². The predicted octanol–water partition coefficient (Wildman–Crippen LogP) is 3.10. The van der Waals surface area contributed by atoms with E-state index in [1.807, 2.05) is 0 Å². The van der Waals surface area contributed by atoms with Crippen molar-refractivity contribution in [2.24, 2.45) is 11.8 Å². The van der Waals surface area contributed by atoms with E-state index < -0.39 is 0 Å². The summed E-state index contributed by atoms with van der Waals surface area (Å²) in [6, 6.07) is 0.518. The zero-order valence-electron chi connectivity index (χ0n) is 13.4. The van der Waals surface area contributed by atoms with Gasteiger partial charge in [-0.15, -0.1) is 0 Å². The molecule has 1 fully saturated rings. The van der Waals surface area contributed by atoms with Crippen LogP contribution in [0.3, 0.4) is 0 Å². The lowest BCUT2D eigenvalue weighted by molar-refractivity contribution is -0.122. The first kappa shape index (κ1) is 16.5. The number of nitrogens with one attached hydrogen (secondary N) is 2. The lowest BCUT2D eigenvalue weighted by Crippen LogP contribution is -2.50. The Morgan fingerprint density at radius 2 is 1.89 bits per heavy atom. The fourth-order valence-corrected chi connectivity index (χ4v) is 2.94. The van der Waals surface area contributed by atoms with Crippen LogP contribution in [0.1, 0.15) is 66.7 Å². The summed E-state index contributed by atoms with van der Waals surface area (Å²) in [5.41, 5.74) is -0.0945. The van der Waals surface area contributed by atoms with Crippen LogP contribution in [-0.2, 0) is 4.79 Å². The first-order valence-corrected chi connectivity index (χ1v) is 7.90. The molecule has 0 spiro atoms. The van der Waals surface area contributed by atoms with Gasteiger partial charge >= 0.3 is 0 Å². The van der Waals surface area contributed by atoms with Crippen molar-refractivity contribution in [3.63, 3.8) is 0 Å². The molecule has 2 atom stereocenters. The van der Waals surface area contributed by atoms with Gasteiger partial charge in [0.05, 0.1) is 6.54 Å². The summed E-state index contributed by atoms with van der Waals surface area (Å²) < 4.78 is 0. The number of carbonyl (C=O) groups is 1. The summed E-state index contributed by atoms with van der Waals surface area (Å²) in [5, 5.41) is 6.58. The summed E-state index contributed by atoms with van der Waals surface area (Å²) in [4.78, 5) is 12.0. The number of hydrogen-bond acceptors (Lipinski definition) is 2. The SMILES string of the molecule is CCC(C)(C)NC(=O)CNC1CCCCC1C(C)C. The predicted molar refractivity (Wildman–Crippen MR) is 81.1 cm³/mol. The molecular weight excluding hydrogens is 236 g/mol. The lowest BCUT2D eigenvalue weighted by atomic mass is 9.78. The second-order valence-electron chi connectivity index (χ2n) is 6.97. The van der Waals surface area contributed by atoms with Gasteiger partial charge in [0.15, 0.2) is 0 Å². The maximum atomic E-state index is 12.0. The molecule has 0 radical (unpaired) electrons. The average Bonchev–Trinajstić information content (AvgIpc) is 2.36. The van der Waals surface area contributed by atoms with E-state index in [0.717, 1.165) is 12.3 Å². The second kappa shape index (κ2) is 7.28. The van der Waals surface area contributed by atoms with E-state index in [4.69, 9.17) is 0 Å². The Hall–Kier alpha value is -0.570. The Bertz CT molecular complexity index is 286. The Morgan fingerprint density at radius 3 is 2.47 bits per heavy atom. The quantitative estimate of drug-likeness (QED) is 0.777. The van der Waals surface area contributed by atoms with Crippen LogP contribution in [0.2, 0.25) is 0 Å². The highest BCUT2D eigenvalue weighted by atomic mass is 16.2. The standard InChI is InChI=1S/C16H32N2O/c1-6-16(4,5)18-15(19)11-17-14-10-8-7-9-13(14)12(2)3/h12-14,17H,6-11H2,1-5H3,(H,18,19). The maximum absolute atomic E-state index is 12.0. The third-order valence-corrected chi connectivity index (χ3v) is 4.56. The molecule has 3 heteroatoms. The van der Waals surface area contributed by atoms with Gasteiger partial charge in [0.2, 0.25) is 5.91 Å². The molecule has 0 aromatic heterocycles. The van der Waals surface area contributed by atoms with E-state index in [-0.39, 0.29) is 11.4 Å². The molecule has 2 N–H and O–H groups in total. The number of carbonyl (C=O) groups excluding carboxylic acids is 1. The van der Waals surface area contributed by atoms with Crippen LogP contribution < -0.4 is 10.6 Å². The van der Waals surface area contributed by atoms with Gasteiger partial charge < -0.3 is 10.6 Å². The molecule has 0 saturated heterocycles. The van der Waals surface area contributed by atoms with Crippen molar-refractivity contribution in [2.45, 2.75) is 78.3 Å². The van der Waals surface area contributed by atoms with Gasteiger partial charge in [-0.2, -0.15) is 0 Å². The normalized spacial score (nSPS) is 24.5. The first-order valence-electron chi connectivity index (χ1n) is 7.90. The highest BCUT2D eigenvalue weighted by Crippen LogP contribution is 2.29. The van der Waals surface area contributed by atoms with Crippen LogP contribution >= 0.6 is 0 Å². The van der Waals surface area contributed by atoms with Gasteiger partial charge in [0, 0.05) is 11.6 Å². The fourth-order valence-electron chi connectivity index (χ4n) is 2.94. The molecular formula is C16H32N2O. The molecule has 1 aliphatic rings. The van der Waals surface area contributed by atoms with Crippen molar-refractivity contribution in [3.05, 3.63) is 0 Å². The molecule has 0 aromatic carbocycles. The zero-order valence-corrected chi connectivity index (χ0v) is 13.4. The van der Waals surface area contributed by atoms with Gasteiger partial charge in [-0.1, -0.05) is 33.6 Å². The van der Waals surface area contributed by atoms with Crippen molar-refractivity contribution >= 4 is 5.91 Å². The Morgan fingerprint density at radius 1 is 1.26 bits per heavy atom. The van der Waals surface area contributed by atoms with E-state index >= 15 is 0 Å². The van der Waals surface area contributed by atoms with Crippen LogP contribution in [0.15, 0.2) is 0 Å². The van der Waals surface area contributed by atoms with Crippen LogP contribution in [-0.4, -0.2) is 24.0 Å². The van der Waals surface area contributed by atoms with E-state index in [1.54, 1.807) is 0 Å². The van der Waals surface area contributed by atoms with E-state index in [9.17, 15) is 4.79 Å². The van der Waals surface area contributed by atoms with Gasteiger partial charge in [0.25, 0.3) is 0 Å². The number of amides is 1. The molecule has 1 aliphatic carbocycles. The summed E-state index contributed by atoms with van der Waals surface area (Å²) in [7, 11) is 0. The van der Waals surface area contributed by atoms with Crippen molar-refractivity contribution in [1.29, 1.82) is 0 Å². The molecule has 1 saturated carbocycles. The smallest absolute Gasteiger partial charge is 0.234 e. The van der Waals surface area contributed by atoms with Crippen LogP contribution in [0.25, 0.3) is 0 Å². The van der Waals surface area contributed by atoms with Crippen molar-refractivity contribution in [1.82, 2.24) is 10.6 Å². The summed E-state index contributed by atoms with van der Waals surface area (Å²) in [5.74, 6) is 1.55. The minimum atomic E-state index is -0.0945. The Balaban J connectivity index is 2.40. The molecule has 1 rings (SSSR count). The summed E-state index contributed by atoms with van der Waals surface area (Å²) in [6.45, 7) is 11.3. The molecule has 19 heavy (non-hydrogen) atoms. The Kier molecular flexibility index (Phi) is 6.31. The largest absolute Gasteiger partial charge is 0.350 e. The number of rotatable bonds is 6. The molecule has 0 heterocycles. The monoisotopic (exact) mass is 268 g/mol. The highest BCUT2D eigenvalue weighted by Gasteiger charge is 2.27. The summed E-state index contributed by atoms with van der Waals surface area (Å²) >= 11 is 0. The molecule has 0 bridgehead atoms. The molecule has 0 aliphatic heterocycles. The topological polar surface area (TPSA) is 41.1 Å². The van der Waals surface area contributed by atoms with E-state index in [1.165, 1.54) is 25.7 Å². The number of hydrogen-bond donors (Lipinski definition) is 2. The Labute approximate surface area is 118 Å². The molecule has 0 aromatic rings. The molecule has 2 unspecified atom stereocenters. The van der Waals surface area contributed by atoms with Crippen LogP contribution in [0.4, 0.5) is 0 Å². The van der Waals surface area contributed by atoms with E-state index in [0.29, 0.717) is 18.5 Å².